The topological polar surface area (TPSA) is 29.1 Å². The Labute approximate surface area is 116 Å². The van der Waals surface area contributed by atoms with E-state index in [0.717, 1.165) is 29.6 Å². The molecule has 0 saturated heterocycles. The number of hydrogen-bond acceptors (Lipinski definition) is 2. The van der Waals surface area contributed by atoms with Gasteiger partial charge in [-0.25, -0.2) is 0 Å². The zero-order chi connectivity index (χ0) is 12.5. The first-order chi connectivity index (χ1) is 8.26. The predicted octanol–water partition coefficient (Wildman–Crippen LogP) is 3.71. The molecule has 17 heavy (non-hydrogen) atoms. The molecule has 0 heterocycles. The van der Waals surface area contributed by atoms with Gasteiger partial charge in [-0.05, 0) is 36.3 Å². The number of carbonyl (C=O) groups is 1. The zero-order valence-corrected chi connectivity index (χ0v) is 12.4. The molecule has 0 spiro atoms. The summed E-state index contributed by atoms with van der Waals surface area (Å²) in [7, 11) is 0. The second-order valence-corrected chi connectivity index (χ2v) is 5.59. The lowest BCUT2D eigenvalue weighted by Crippen LogP contribution is -2.14. The molecule has 1 rings (SSSR count). The summed E-state index contributed by atoms with van der Waals surface area (Å²) in [4.78, 5) is 11.6. The monoisotopic (exact) mass is 315 g/mol. The first-order valence-electron chi connectivity index (χ1n) is 5.78. The molecular formula is C13H18BrNOS. The van der Waals surface area contributed by atoms with Crippen LogP contribution in [0.3, 0.4) is 0 Å². The van der Waals surface area contributed by atoms with E-state index in [4.69, 9.17) is 0 Å². The van der Waals surface area contributed by atoms with Crippen molar-refractivity contribution in [3.8, 4) is 0 Å². The van der Waals surface area contributed by atoms with E-state index in [1.54, 1.807) is 11.8 Å². The minimum Gasteiger partial charge on any atom is -0.325 e. The van der Waals surface area contributed by atoms with E-state index in [1.807, 2.05) is 24.3 Å². The number of hydrogen-bond donors (Lipinski definition) is 1. The number of nitrogens with one attached hydrogen (secondary N) is 1. The Hall–Kier alpha value is -0.480. The van der Waals surface area contributed by atoms with E-state index >= 15 is 0 Å². The molecule has 0 unspecified atom stereocenters. The Morgan fingerprint density at radius 2 is 2.06 bits per heavy atom. The fourth-order valence-corrected chi connectivity index (χ4v) is 2.74. The Morgan fingerprint density at radius 1 is 1.35 bits per heavy atom. The fourth-order valence-electron chi connectivity index (χ4n) is 1.34. The lowest BCUT2D eigenvalue weighted by atomic mass is 10.1. The van der Waals surface area contributed by atoms with Gasteiger partial charge in [0.05, 0.1) is 5.75 Å². The van der Waals surface area contributed by atoms with E-state index in [1.165, 1.54) is 5.56 Å². The average Bonchev–Trinajstić information content (AvgIpc) is 2.36. The van der Waals surface area contributed by atoms with Gasteiger partial charge in [-0.3, -0.25) is 4.79 Å². The number of rotatable bonds is 7. The van der Waals surface area contributed by atoms with Crippen LogP contribution in [0, 0.1) is 0 Å². The summed E-state index contributed by atoms with van der Waals surface area (Å²) >= 11 is 5.04. The maximum absolute atomic E-state index is 11.6. The van der Waals surface area contributed by atoms with Gasteiger partial charge in [-0.1, -0.05) is 35.0 Å². The summed E-state index contributed by atoms with van der Waals surface area (Å²) in [6, 6.07) is 8.01. The molecular weight excluding hydrogens is 298 g/mol. The van der Waals surface area contributed by atoms with Crippen LogP contribution in [0.25, 0.3) is 0 Å². The lowest BCUT2D eigenvalue weighted by Gasteiger charge is -2.05. The van der Waals surface area contributed by atoms with E-state index in [2.05, 4.69) is 28.2 Å². The van der Waals surface area contributed by atoms with Crippen LogP contribution in [0.5, 0.6) is 0 Å². The molecule has 0 radical (unpaired) electrons. The average molecular weight is 316 g/mol. The molecule has 4 heteroatoms. The summed E-state index contributed by atoms with van der Waals surface area (Å²) in [6.45, 7) is 2.12. The number of benzene rings is 1. The number of anilines is 1. The van der Waals surface area contributed by atoms with Crippen molar-refractivity contribution in [1.29, 1.82) is 0 Å². The minimum absolute atomic E-state index is 0.0776. The second-order valence-electron chi connectivity index (χ2n) is 3.69. The molecule has 0 saturated carbocycles. The highest BCUT2D eigenvalue weighted by Gasteiger charge is 2.02. The quantitative estimate of drug-likeness (QED) is 0.614. The largest absolute Gasteiger partial charge is 0.325 e. The van der Waals surface area contributed by atoms with Crippen molar-refractivity contribution in [2.24, 2.45) is 0 Å². The maximum atomic E-state index is 11.6. The van der Waals surface area contributed by atoms with Crippen LogP contribution in [0.1, 0.15) is 18.9 Å². The second kappa shape index (κ2) is 8.59. The van der Waals surface area contributed by atoms with Crippen molar-refractivity contribution in [2.45, 2.75) is 19.8 Å². The van der Waals surface area contributed by atoms with E-state index < -0.39 is 0 Å². The molecule has 0 atom stereocenters. The normalized spacial score (nSPS) is 10.2. The molecule has 1 aromatic rings. The molecule has 0 aliphatic carbocycles. The van der Waals surface area contributed by atoms with Crippen molar-refractivity contribution < 1.29 is 4.79 Å². The molecule has 1 aromatic carbocycles. The van der Waals surface area contributed by atoms with Crippen molar-refractivity contribution >= 4 is 39.3 Å². The third kappa shape index (κ3) is 6.13. The van der Waals surface area contributed by atoms with Crippen molar-refractivity contribution in [3.63, 3.8) is 0 Å². The van der Waals surface area contributed by atoms with Gasteiger partial charge in [0.25, 0.3) is 0 Å². The standard InChI is InChI=1S/C13H18BrNOS/c1-2-11-4-6-12(7-5-11)15-13(16)10-17-9-3-8-14/h4-7H,2-3,8-10H2,1H3,(H,15,16). The molecule has 2 nitrogen and oxygen atoms in total. The van der Waals surface area contributed by atoms with Crippen LogP contribution in [-0.4, -0.2) is 22.7 Å². The molecule has 0 bridgehead atoms. The van der Waals surface area contributed by atoms with Crippen LogP contribution in [0.2, 0.25) is 0 Å². The van der Waals surface area contributed by atoms with Crippen LogP contribution < -0.4 is 5.32 Å². The molecule has 0 aliphatic heterocycles. The van der Waals surface area contributed by atoms with Crippen molar-refractivity contribution in [1.82, 2.24) is 0 Å². The lowest BCUT2D eigenvalue weighted by molar-refractivity contribution is -0.113. The summed E-state index contributed by atoms with van der Waals surface area (Å²) < 4.78 is 0. The number of carbonyl (C=O) groups excluding carboxylic acids is 1. The molecule has 0 aliphatic rings. The number of amides is 1. The Balaban J connectivity index is 2.29. The molecule has 0 fully saturated rings. The first kappa shape index (κ1) is 14.6. The Kier molecular flexibility index (Phi) is 7.37. The third-order valence-electron chi connectivity index (χ3n) is 2.30. The van der Waals surface area contributed by atoms with Gasteiger partial charge >= 0.3 is 0 Å². The van der Waals surface area contributed by atoms with Gasteiger partial charge in [0.1, 0.15) is 0 Å². The van der Waals surface area contributed by atoms with Gasteiger partial charge in [-0.15, -0.1) is 0 Å². The highest BCUT2D eigenvalue weighted by Crippen LogP contribution is 2.11. The van der Waals surface area contributed by atoms with Gasteiger partial charge in [0.2, 0.25) is 5.91 Å². The molecule has 0 aromatic heterocycles. The summed E-state index contributed by atoms with van der Waals surface area (Å²) in [6.07, 6.45) is 2.12. The van der Waals surface area contributed by atoms with Crippen LogP contribution in [0.4, 0.5) is 5.69 Å². The SMILES string of the molecule is CCc1ccc(NC(=O)CSCCCBr)cc1. The predicted molar refractivity (Wildman–Crippen MR) is 80.2 cm³/mol. The minimum atomic E-state index is 0.0776. The number of halogens is 1. The van der Waals surface area contributed by atoms with Crippen LogP contribution in [0.15, 0.2) is 24.3 Å². The summed E-state index contributed by atoms with van der Waals surface area (Å²) in [5, 5.41) is 3.90. The third-order valence-corrected chi connectivity index (χ3v) is 3.91. The number of aryl methyl sites for hydroxylation is 1. The highest BCUT2D eigenvalue weighted by atomic mass is 79.9. The Bertz CT molecular complexity index is 340. The Morgan fingerprint density at radius 3 is 2.65 bits per heavy atom. The highest BCUT2D eigenvalue weighted by molar-refractivity contribution is 9.09. The van der Waals surface area contributed by atoms with Gasteiger partial charge < -0.3 is 5.32 Å². The van der Waals surface area contributed by atoms with Crippen LogP contribution in [-0.2, 0) is 11.2 Å². The van der Waals surface area contributed by atoms with Gasteiger partial charge in [0, 0.05) is 11.0 Å². The fraction of sp³-hybridized carbons (Fsp3) is 0.462. The first-order valence-corrected chi connectivity index (χ1v) is 8.06. The van der Waals surface area contributed by atoms with Gasteiger partial charge in [-0.2, -0.15) is 11.8 Å². The van der Waals surface area contributed by atoms with Crippen LogP contribution >= 0.6 is 27.7 Å². The zero-order valence-electron chi connectivity index (χ0n) is 10.0. The molecule has 1 N–H and O–H groups in total. The van der Waals surface area contributed by atoms with E-state index in [0.29, 0.717) is 5.75 Å². The smallest absolute Gasteiger partial charge is 0.234 e. The molecule has 94 valence electrons. The maximum Gasteiger partial charge on any atom is 0.234 e. The van der Waals surface area contributed by atoms with Gasteiger partial charge in [0.15, 0.2) is 0 Å². The number of thioether (sulfide) groups is 1. The molecule has 1 amide bonds. The summed E-state index contributed by atoms with van der Waals surface area (Å²) in [5.41, 5.74) is 2.17. The van der Waals surface area contributed by atoms with E-state index in [-0.39, 0.29) is 5.91 Å². The van der Waals surface area contributed by atoms with E-state index in [9.17, 15) is 4.79 Å². The van der Waals surface area contributed by atoms with Crippen molar-refractivity contribution in [3.05, 3.63) is 29.8 Å². The number of alkyl halides is 1. The summed E-state index contributed by atoms with van der Waals surface area (Å²) in [5.74, 6) is 1.63. The van der Waals surface area contributed by atoms with Crippen molar-refractivity contribution in [2.75, 3.05) is 22.2 Å².